The summed E-state index contributed by atoms with van der Waals surface area (Å²) in [5, 5.41) is 13.9. The Morgan fingerprint density at radius 2 is 1.83 bits per heavy atom. The van der Waals surface area contributed by atoms with Crippen molar-refractivity contribution < 1.29 is 19.2 Å². The second-order valence-electron chi connectivity index (χ2n) is 7.86. The molecule has 0 aliphatic heterocycles. The van der Waals surface area contributed by atoms with Crippen LogP contribution in [0.15, 0.2) is 42.5 Å². The highest BCUT2D eigenvalue weighted by Gasteiger charge is 2.22. The summed E-state index contributed by atoms with van der Waals surface area (Å²) in [6.45, 7) is 9.54. The maximum absolute atomic E-state index is 12.7. The highest BCUT2D eigenvalue weighted by atomic mass is 16.6. The summed E-state index contributed by atoms with van der Waals surface area (Å²) in [5.74, 6) is -0.467. The second-order valence-corrected chi connectivity index (χ2v) is 7.86. The number of nitrogens with zero attached hydrogens (tertiary/aromatic N) is 2. The van der Waals surface area contributed by atoms with E-state index in [1.54, 1.807) is 58.0 Å². The fourth-order valence-electron chi connectivity index (χ4n) is 2.76. The molecular formula is C22H27N3O5. The Hall–Kier alpha value is -3.42. The average molecular weight is 413 g/mol. The van der Waals surface area contributed by atoms with Crippen LogP contribution in [-0.2, 0) is 11.3 Å². The Bertz CT molecular complexity index is 950. The molecule has 8 heteroatoms. The van der Waals surface area contributed by atoms with Crippen molar-refractivity contribution in [1.82, 2.24) is 4.90 Å². The van der Waals surface area contributed by atoms with Gasteiger partial charge in [0.1, 0.15) is 5.60 Å². The third-order valence-electron chi connectivity index (χ3n) is 4.33. The van der Waals surface area contributed by atoms with Gasteiger partial charge in [0.15, 0.2) is 0 Å². The molecule has 2 rings (SSSR count). The van der Waals surface area contributed by atoms with Gasteiger partial charge in [0, 0.05) is 29.4 Å². The van der Waals surface area contributed by atoms with Gasteiger partial charge in [0.25, 0.3) is 11.6 Å². The number of benzene rings is 2. The third-order valence-corrected chi connectivity index (χ3v) is 4.33. The highest BCUT2D eigenvalue weighted by molar-refractivity contribution is 6.05. The first-order valence-corrected chi connectivity index (χ1v) is 9.64. The van der Waals surface area contributed by atoms with Crippen molar-refractivity contribution in [3.63, 3.8) is 0 Å². The van der Waals surface area contributed by atoms with E-state index in [1.807, 2.05) is 13.0 Å². The monoisotopic (exact) mass is 413 g/mol. The minimum absolute atomic E-state index is 0.113. The van der Waals surface area contributed by atoms with Crippen LogP contribution in [0.2, 0.25) is 0 Å². The zero-order chi connectivity index (χ0) is 22.5. The molecule has 0 aliphatic carbocycles. The lowest BCUT2D eigenvalue weighted by Crippen LogP contribution is -2.36. The first kappa shape index (κ1) is 22.9. The second kappa shape index (κ2) is 9.39. The Morgan fingerprint density at radius 3 is 2.43 bits per heavy atom. The topological polar surface area (TPSA) is 102 Å². The molecule has 0 bridgehead atoms. The van der Waals surface area contributed by atoms with Gasteiger partial charge < -0.3 is 15.0 Å². The molecule has 160 valence electrons. The van der Waals surface area contributed by atoms with E-state index in [1.165, 1.54) is 11.0 Å². The van der Waals surface area contributed by atoms with Crippen LogP contribution in [0.1, 0.15) is 49.2 Å². The van der Waals surface area contributed by atoms with E-state index >= 15 is 0 Å². The number of amides is 2. The van der Waals surface area contributed by atoms with Crippen molar-refractivity contribution in [3.8, 4) is 0 Å². The fraction of sp³-hybridized carbons (Fsp3) is 0.364. The first-order chi connectivity index (χ1) is 14.0. The summed E-state index contributed by atoms with van der Waals surface area (Å²) in [4.78, 5) is 37.3. The molecule has 0 radical (unpaired) electrons. The third kappa shape index (κ3) is 6.04. The fourth-order valence-corrected chi connectivity index (χ4v) is 2.76. The van der Waals surface area contributed by atoms with Gasteiger partial charge in [-0.2, -0.15) is 0 Å². The molecule has 0 aromatic heterocycles. The lowest BCUT2D eigenvalue weighted by molar-refractivity contribution is -0.385. The SMILES string of the molecule is CCN(Cc1ccccc1NC(=O)c1ccc(C)c([N+](=O)[O-])c1)C(=O)OC(C)(C)C. The Kier molecular flexibility index (Phi) is 7.15. The Balaban J connectivity index is 2.23. The Morgan fingerprint density at radius 1 is 1.17 bits per heavy atom. The van der Waals surface area contributed by atoms with Gasteiger partial charge >= 0.3 is 6.09 Å². The van der Waals surface area contributed by atoms with Crippen molar-refractivity contribution in [3.05, 3.63) is 69.3 Å². The minimum atomic E-state index is -0.613. The van der Waals surface area contributed by atoms with Gasteiger partial charge in [-0.25, -0.2) is 4.79 Å². The van der Waals surface area contributed by atoms with Crippen LogP contribution >= 0.6 is 0 Å². The van der Waals surface area contributed by atoms with Crippen LogP contribution in [0.3, 0.4) is 0 Å². The predicted octanol–water partition coefficient (Wildman–Crippen LogP) is 4.91. The molecule has 0 atom stereocenters. The van der Waals surface area contributed by atoms with Gasteiger partial charge in [-0.1, -0.05) is 24.3 Å². The zero-order valence-electron chi connectivity index (χ0n) is 17.9. The molecule has 0 unspecified atom stereocenters. The number of aryl methyl sites for hydroxylation is 1. The number of carbonyl (C=O) groups excluding carboxylic acids is 2. The highest BCUT2D eigenvalue weighted by Crippen LogP contribution is 2.22. The minimum Gasteiger partial charge on any atom is -0.444 e. The summed E-state index contributed by atoms with van der Waals surface area (Å²) >= 11 is 0. The Labute approximate surface area is 176 Å². The molecule has 30 heavy (non-hydrogen) atoms. The van der Waals surface area contributed by atoms with Crippen LogP contribution in [0, 0.1) is 17.0 Å². The zero-order valence-corrected chi connectivity index (χ0v) is 17.9. The van der Waals surface area contributed by atoms with Crippen LogP contribution < -0.4 is 5.32 Å². The van der Waals surface area contributed by atoms with Gasteiger partial charge in [-0.05, 0) is 52.3 Å². The van der Waals surface area contributed by atoms with Crippen molar-refractivity contribution in [2.24, 2.45) is 0 Å². The van der Waals surface area contributed by atoms with E-state index in [-0.39, 0.29) is 17.8 Å². The molecule has 2 amide bonds. The summed E-state index contributed by atoms with van der Waals surface area (Å²) in [7, 11) is 0. The molecule has 0 fully saturated rings. The predicted molar refractivity (Wildman–Crippen MR) is 115 cm³/mol. The quantitative estimate of drug-likeness (QED) is 0.535. The number of hydrogen-bond acceptors (Lipinski definition) is 5. The molecular weight excluding hydrogens is 386 g/mol. The van der Waals surface area contributed by atoms with Crippen LogP contribution in [0.4, 0.5) is 16.2 Å². The van der Waals surface area contributed by atoms with E-state index in [2.05, 4.69) is 5.32 Å². The summed E-state index contributed by atoms with van der Waals surface area (Å²) < 4.78 is 5.44. The first-order valence-electron chi connectivity index (χ1n) is 9.64. The molecule has 8 nitrogen and oxygen atoms in total. The van der Waals surface area contributed by atoms with E-state index in [0.717, 1.165) is 5.56 Å². The molecule has 2 aromatic carbocycles. The van der Waals surface area contributed by atoms with Gasteiger partial charge in [-0.3, -0.25) is 14.9 Å². The largest absolute Gasteiger partial charge is 0.444 e. The molecule has 0 aliphatic rings. The van der Waals surface area contributed by atoms with Crippen LogP contribution in [-0.4, -0.2) is 34.0 Å². The molecule has 0 spiro atoms. The van der Waals surface area contributed by atoms with Crippen molar-refractivity contribution in [2.75, 3.05) is 11.9 Å². The maximum Gasteiger partial charge on any atom is 0.410 e. The van der Waals surface area contributed by atoms with Crippen molar-refractivity contribution in [1.29, 1.82) is 0 Å². The number of hydrogen-bond donors (Lipinski definition) is 1. The smallest absolute Gasteiger partial charge is 0.410 e. The summed E-state index contributed by atoms with van der Waals surface area (Å²) in [6.07, 6.45) is -0.444. The number of rotatable bonds is 6. The van der Waals surface area contributed by atoms with E-state index < -0.39 is 22.5 Å². The molecule has 0 heterocycles. The van der Waals surface area contributed by atoms with Gasteiger partial charge in [-0.15, -0.1) is 0 Å². The van der Waals surface area contributed by atoms with Gasteiger partial charge in [0.2, 0.25) is 0 Å². The van der Waals surface area contributed by atoms with E-state index in [0.29, 0.717) is 17.8 Å². The molecule has 2 aromatic rings. The van der Waals surface area contributed by atoms with Gasteiger partial charge in [0.05, 0.1) is 11.5 Å². The number of nitro groups is 1. The number of anilines is 1. The van der Waals surface area contributed by atoms with Crippen LogP contribution in [0.25, 0.3) is 0 Å². The summed E-state index contributed by atoms with van der Waals surface area (Å²) in [6, 6.07) is 11.4. The summed E-state index contributed by atoms with van der Waals surface area (Å²) in [5.41, 5.74) is 1.18. The lowest BCUT2D eigenvalue weighted by Gasteiger charge is -2.27. The van der Waals surface area contributed by atoms with Crippen molar-refractivity contribution >= 4 is 23.4 Å². The number of carbonyl (C=O) groups is 2. The average Bonchev–Trinajstić information content (AvgIpc) is 2.65. The number of ether oxygens (including phenoxy) is 1. The molecule has 0 saturated heterocycles. The van der Waals surface area contributed by atoms with E-state index in [4.69, 9.17) is 4.74 Å². The lowest BCUT2D eigenvalue weighted by atomic mass is 10.1. The standard InChI is InChI=1S/C22H27N3O5/c1-6-24(21(27)30-22(3,4)5)14-17-9-7-8-10-18(17)23-20(26)16-12-11-15(2)19(13-16)25(28)29/h7-13H,6,14H2,1-5H3,(H,23,26). The van der Waals surface area contributed by atoms with Crippen molar-refractivity contribution in [2.45, 2.75) is 46.8 Å². The number of nitro benzene ring substituents is 1. The number of nitrogens with one attached hydrogen (secondary N) is 1. The normalized spacial score (nSPS) is 11.0. The molecule has 0 saturated carbocycles. The number of para-hydroxylation sites is 1. The van der Waals surface area contributed by atoms with Crippen LogP contribution in [0.5, 0.6) is 0 Å². The molecule has 1 N–H and O–H groups in total. The van der Waals surface area contributed by atoms with E-state index in [9.17, 15) is 19.7 Å². The maximum atomic E-state index is 12.7.